The predicted molar refractivity (Wildman–Crippen MR) is 176 cm³/mol. The van der Waals surface area contributed by atoms with Gasteiger partial charge in [0.25, 0.3) is 0 Å². The van der Waals surface area contributed by atoms with E-state index in [1.54, 1.807) is 0 Å². The van der Waals surface area contributed by atoms with Gasteiger partial charge in [-0.25, -0.2) is 15.0 Å². The van der Waals surface area contributed by atoms with Gasteiger partial charge in [0.15, 0.2) is 0 Å². The van der Waals surface area contributed by atoms with E-state index in [-0.39, 0.29) is 37.1 Å². The second kappa shape index (κ2) is 24.5. The topological polar surface area (TPSA) is 266 Å². The van der Waals surface area contributed by atoms with Crippen LogP contribution in [0.5, 0.6) is 0 Å². The van der Waals surface area contributed by atoms with Gasteiger partial charge in [-0.3, -0.25) is 28.5 Å². The van der Waals surface area contributed by atoms with Crippen molar-refractivity contribution in [3.8, 4) is 0 Å². The number of carbonyl (C=O) groups excluding carboxylic acids is 5. The Kier molecular flexibility index (Phi) is 23.8. The average molecular weight is 823 g/mol. The lowest BCUT2D eigenvalue weighted by molar-refractivity contribution is -0.175. The highest BCUT2D eigenvalue weighted by Crippen LogP contribution is 2.43. The Morgan fingerprint density at radius 1 is 0.827 bits per heavy atom. The summed E-state index contributed by atoms with van der Waals surface area (Å²) in [6, 6.07) is 2.36. The van der Waals surface area contributed by atoms with Gasteiger partial charge in [0, 0.05) is 43.4 Å². The summed E-state index contributed by atoms with van der Waals surface area (Å²) in [6.45, 7) is 4.26. The Hall–Kier alpha value is -3.69. The van der Waals surface area contributed by atoms with Crippen LogP contribution < -0.4 is 32.9 Å². The molecule has 5 amide bonds. The zero-order chi connectivity index (χ0) is 40.9. The fourth-order valence-corrected chi connectivity index (χ4v) is 5.23. The van der Waals surface area contributed by atoms with Crippen LogP contribution in [0.3, 0.4) is 0 Å². The molecule has 52 heavy (non-hydrogen) atoms. The third kappa shape index (κ3) is 21.6. The monoisotopic (exact) mass is 821 g/mol. The molecule has 1 unspecified atom stereocenters. The first-order chi connectivity index (χ1) is 23.9. The number of halogens is 8. The van der Waals surface area contributed by atoms with E-state index in [0.29, 0.717) is 5.56 Å². The van der Waals surface area contributed by atoms with Crippen LogP contribution in [0.4, 0.5) is 32.0 Å². The van der Waals surface area contributed by atoms with Gasteiger partial charge in [0.05, 0.1) is 6.61 Å². The number of aliphatic carboxylic acids is 1. The molecule has 16 nitrogen and oxygen atoms in total. The van der Waals surface area contributed by atoms with Gasteiger partial charge < -0.3 is 37.0 Å². The summed E-state index contributed by atoms with van der Waals surface area (Å²) in [6.07, 6.45) is -12.2. The molecular formula is C27H40Cl2F6N7O9P. The lowest BCUT2D eigenvalue weighted by atomic mass is 10.1. The molecule has 0 bridgehead atoms. The number of nitrogens with two attached hydrogens (primary N) is 3. The van der Waals surface area contributed by atoms with Gasteiger partial charge in [0.1, 0.15) is 12.1 Å². The van der Waals surface area contributed by atoms with E-state index in [1.165, 1.54) is 39.6 Å². The highest BCUT2D eigenvalue weighted by Gasteiger charge is 2.41. The lowest BCUT2D eigenvalue weighted by Gasteiger charge is -2.26. The largest absolute Gasteiger partial charge is 0.480 e. The van der Waals surface area contributed by atoms with Crippen LogP contribution in [0.1, 0.15) is 45.1 Å². The SMILES string of the molecule is CC.NC(=O)CC[C@H](NC(=O)C(F)(F)F)C(=O)Nc1ccc(COP(N)(=O)N(CCCl)CCCl)cc1.NC(=O)CC[C@H](NC(=O)C(F)(F)F)C(=O)O. The van der Waals surface area contributed by atoms with Gasteiger partial charge in [-0.05, 0) is 30.5 Å². The number of primary amides is 2. The Morgan fingerprint density at radius 2 is 1.23 bits per heavy atom. The number of alkyl halides is 8. The Bertz CT molecular complexity index is 1370. The van der Waals surface area contributed by atoms with Crippen molar-refractivity contribution in [3.63, 3.8) is 0 Å². The first kappa shape index (κ1) is 50.4. The molecule has 0 aromatic heterocycles. The Balaban J connectivity index is 0. The molecule has 25 heteroatoms. The van der Waals surface area contributed by atoms with Crippen molar-refractivity contribution in [2.24, 2.45) is 17.0 Å². The first-order valence-corrected chi connectivity index (χ1v) is 17.5. The molecule has 1 aromatic rings. The van der Waals surface area contributed by atoms with Crippen LogP contribution in [-0.4, -0.2) is 94.6 Å². The second-order valence-corrected chi connectivity index (χ2v) is 12.5. The number of hydrogen-bond acceptors (Lipinski definition) is 8. The van der Waals surface area contributed by atoms with Crippen molar-refractivity contribution in [3.05, 3.63) is 29.8 Å². The molecule has 0 radical (unpaired) electrons. The maximum atomic E-state index is 12.6. The third-order valence-electron chi connectivity index (χ3n) is 5.82. The Labute approximate surface area is 304 Å². The number of carboxylic acids is 1. The summed E-state index contributed by atoms with van der Waals surface area (Å²) in [5.41, 5.74) is 16.1. The van der Waals surface area contributed by atoms with Gasteiger partial charge in [-0.1, -0.05) is 26.0 Å². The number of nitrogens with one attached hydrogen (secondary N) is 3. The number of anilines is 1. The molecule has 0 saturated carbocycles. The molecule has 1 rings (SSSR count). The molecule has 0 heterocycles. The van der Waals surface area contributed by atoms with E-state index in [9.17, 15) is 59.7 Å². The number of carboxylic acid groups (broad SMARTS) is 1. The minimum Gasteiger partial charge on any atom is -0.480 e. The van der Waals surface area contributed by atoms with Crippen LogP contribution in [0.25, 0.3) is 0 Å². The molecule has 0 aliphatic carbocycles. The molecule has 1 aromatic carbocycles. The van der Waals surface area contributed by atoms with Crippen molar-refractivity contribution in [2.45, 2.75) is 70.6 Å². The van der Waals surface area contributed by atoms with E-state index in [4.69, 9.17) is 49.8 Å². The van der Waals surface area contributed by atoms with Crippen LogP contribution in [0.15, 0.2) is 24.3 Å². The molecule has 3 atom stereocenters. The number of amides is 5. The van der Waals surface area contributed by atoms with Gasteiger partial charge in [-0.15, -0.1) is 23.2 Å². The highest BCUT2D eigenvalue weighted by atomic mass is 35.5. The van der Waals surface area contributed by atoms with Crippen molar-refractivity contribution in [1.29, 1.82) is 0 Å². The molecule has 0 aliphatic heterocycles. The van der Waals surface area contributed by atoms with E-state index < -0.39 is 93.3 Å². The van der Waals surface area contributed by atoms with Crippen molar-refractivity contribution in [2.75, 3.05) is 30.2 Å². The van der Waals surface area contributed by atoms with E-state index in [1.807, 2.05) is 13.8 Å². The number of hydrogen-bond donors (Lipinski definition) is 7. The molecule has 0 spiro atoms. The number of rotatable bonds is 19. The standard InChI is InChI=1S/C18H25Cl2F3N5O5P.C7H9F3N2O4.C2H6/c19-7-9-28(10-8-20)34(25,32)33-11-12-1-3-13(4-2-12)26-16(30)14(5-6-15(24)29)27-17(31)18(21,22)23;8-7(9,10)6(16)12-3(5(14)15)1-2-4(11)13;1-2/h1-4,14H,5-11H2,(H2,24,29)(H2,25,32)(H,26,30)(H,27,31);3H,1-2H2,(H2,11,13)(H,12,16)(H,14,15);1-2H3/t14-,34?;3-;/m00./s1. The summed E-state index contributed by atoms with van der Waals surface area (Å²) >= 11 is 11.3. The number of benzene rings is 1. The zero-order valence-corrected chi connectivity index (χ0v) is 30.1. The molecule has 10 N–H and O–H groups in total. The quantitative estimate of drug-likeness (QED) is 0.0606. The zero-order valence-electron chi connectivity index (χ0n) is 27.7. The summed E-state index contributed by atoms with van der Waals surface area (Å²) in [5.74, 6) is -8.73. The summed E-state index contributed by atoms with van der Waals surface area (Å²) in [5, 5.41) is 13.6. The van der Waals surface area contributed by atoms with Crippen LogP contribution >= 0.6 is 30.9 Å². The van der Waals surface area contributed by atoms with Crippen LogP contribution in [-0.2, 0) is 44.5 Å². The minimum absolute atomic E-state index is 0.147. The van der Waals surface area contributed by atoms with Crippen molar-refractivity contribution in [1.82, 2.24) is 15.3 Å². The van der Waals surface area contributed by atoms with Crippen molar-refractivity contribution < 1.29 is 69.3 Å². The minimum atomic E-state index is -5.21. The molecule has 0 aliphatic rings. The normalized spacial score (nSPS) is 13.5. The van der Waals surface area contributed by atoms with Gasteiger partial charge in [-0.2, -0.15) is 26.3 Å². The van der Waals surface area contributed by atoms with Crippen molar-refractivity contribution >= 4 is 72.1 Å². The van der Waals surface area contributed by atoms with E-state index in [2.05, 4.69) is 5.32 Å². The molecule has 298 valence electrons. The molecule has 0 fully saturated rings. The smallest absolute Gasteiger partial charge is 0.471 e. The maximum Gasteiger partial charge on any atom is 0.471 e. The predicted octanol–water partition coefficient (Wildman–Crippen LogP) is 2.71. The summed E-state index contributed by atoms with van der Waals surface area (Å²) in [4.78, 5) is 65.7. The molecular weight excluding hydrogens is 782 g/mol. The fourth-order valence-electron chi connectivity index (χ4n) is 3.33. The third-order valence-corrected chi connectivity index (χ3v) is 7.84. The van der Waals surface area contributed by atoms with Crippen LogP contribution in [0.2, 0.25) is 0 Å². The highest BCUT2D eigenvalue weighted by molar-refractivity contribution is 7.53. The summed E-state index contributed by atoms with van der Waals surface area (Å²) in [7, 11) is -3.67. The lowest BCUT2D eigenvalue weighted by Crippen LogP contribution is -2.49. The van der Waals surface area contributed by atoms with E-state index in [0.717, 1.165) is 0 Å². The average Bonchev–Trinajstić information content (AvgIpc) is 3.04. The molecule has 0 saturated heterocycles. The fraction of sp³-hybridized carbons (Fsp3) is 0.556. The second-order valence-electron chi connectivity index (χ2n) is 9.75. The number of nitrogens with zero attached hydrogens (tertiary/aromatic N) is 1. The first-order valence-electron chi connectivity index (χ1n) is 14.8. The van der Waals surface area contributed by atoms with Crippen LogP contribution in [0, 0.1) is 0 Å². The van der Waals surface area contributed by atoms with E-state index >= 15 is 0 Å². The Morgan fingerprint density at radius 3 is 1.60 bits per heavy atom. The summed E-state index contributed by atoms with van der Waals surface area (Å²) < 4.78 is 92.2. The van der Waals surface area contributed by atoms with Gasteiger partial charge >= 0.3 is 37.8 Å². The van der Waals surface area contributed by atoms with Gasteiger partial charge in [0.2, 0.25) is 17.7 Å². The number of carbonyl (C=O) groups is 6. The maximum absolute atomic E-state index is 12.6.